The molecule has 4 rings (SSSR count). The van der Waals surface area contributed by atoms with Crippen molar-refractivity contribution in [2.24, 2.45) is 4.99 Å². The van der Waals surface area contributed by atoms with E-state index in [0.29, 0.717) is 0 Å². The van der Waals surface area contributed by atoms with E-state index in [2.05, 4.69) is 36.4 Å². The fourth-order valence-electron chi connectivity index (χ4n) is 3.30. The topological polar surface area (TPSA) is 42.3 Å². The second-order valence-electron chi connectivity index (χ2n) is 7.15. The van der Waals surface area contributed by atoms with Gasteiger partial charge in [-0.3, -0.25) is 0 Å². The van der Waals surface area contributed by atoms with Gasteiger partial charge in [-0.2, -0.15) is 0 Å². The molecule has 4 aromatic rings. The van der Waals surface area contributed by atoms with Gasteiger partial charge in [-0.1, -0.05) is 103 Å². The number of aromatic nitrogens is 1. The lowest BCUT2D eigenvalue weighted by atomic mass is 10.0. The van der Waals surface area contributed by atoms with E-state index >= 15 is 0 Å². The Bertz CT molecular complexity index is 1120. The maximum Gasteiger partial charge on any atom is 0.210 e. The normalized spacial score (nSPS) is 11.7. The first-order valence-electron chi connectivity index (χ1n) is 9.88. The molecule has 0 saturated carbocycles. The molecule has 0 spiro atoms. The molecular formula is C26H22N2OS. The minimum Gasteiger partial charge on any atom is -0.303 e. The van der Waals surface area contributed by atoms with E-state index in [1.165, 1.54) is 0 Å². The first kappa shape index (κ1) is 19.9. The highest BCUT2D eigenvalue weighted by atomic mass is 32.1. The molecule has 3 aromatic carbocycles. The number of aliphatic imine (C=N–C) groups is 1. The van der Waals surface area contributed by atoms with Crippen molar-refractivity contribution in [3.8, 4) is 10.4 Å². The molecule has 0 fully saturated rings. The third kappa shape index (κ3) is 4.29. The zero-order valence-corrected chi connectivity index (χ0v) is 17.8. The quantitative estimate of drug-likeness (QED) is 0.266. The summed E-state index contributed by atoms with van der Waals surface area (Å²) in [5, 5.41) is 0.732. The van der Waals surface area contributed by atoms with Crippen molar-refractivity contribution < 1.29 is 4.79 Å². The van der Waals surface area contributed by atoms with Crippen LogP contribution in [0.1, 0.15) is 35.2 Å². The SMILES string of the molecule is Cc1nc(N=C(c2ccccc2)c2ccccc2)sc1-c1ccc(C(C)C=O)cc1. The highest BCUT2D eigenvalue weighted by Crippen LogP contribution is 2.35. The largest absolute Gasteiger partial charge is 0.303 e. The molecule has 0 bridgehead atoms. The highest BCUT2D eigenvalue weighted by molar-refractivity contribution is 7.18. The molecule has 0 aliphatic heterocycles. The van der Waals surface area contributed by atoms with E-state index in [4.69, 9.17) is 9.98 Å². The van der Waals surface area contributed by atoms with Crippen molar-refractivity contribution in [1.82, 2.24) is 4.98 Å². The number of thiazole rings is 1. The van der Waals surface area contributed by atoms with Crippen molar-refractivity contribution in [3.63, 3.8) is 0 Å². The van der Waals surface area contributed by atoms with Gasteiger partial charge in [0.15, 0.2) is 0 Å². The lowest BCUT2D eigenvalue weighted by molar-refractivity contribution is -0.108. The van der Waals surface area contributed by atoms with Crippen molar-refractivity contribution in [3.05, 3.63) is 107 Å². The molecule has 1 aromatic heterocycles. The highest BCUT2D eigenvalue weighted by Gasteiger charge is 2.13. The Morgan fingerprint density at radius 1 is 0.900 bits per heavy atom. The van der Waals surface area contributed by atoms with Gasteiger partial charge in [0.25, 0.3) is 0 Å². The summed E-state index contributed by atoms with van der Waals surface area (Å²) in [5.74, 6) is -0.0962. The fraction of sp³-hybridized carbons (Fsp3) is 0.115. The van der Waals surface area contributed by atoms with Crippen LogP contribution >= 0.6 is 11.3 Å². The van der Waals surface area contributed by atoms with Crippen LogP contribution in [-0.2, 0) is 4.79 Å². The average Bonchev–Trinajstić information content (AvgIpc) is 3.18. The van der Waals surface area contributed by atoms with Gasteiger partial charge < -0.3 is 4.79 Å². The van der Waals surface area contributed by atoms with E-state index < -0.39 is 0 Å². The van der Waals surface area contributed by atoms with E-state index in [1.54, 1.807) is 11.3 Å². The zero-order valence-electron chi connectivity index (χ0n) is 16.9. The maximum absolute atomic E-state index is 11.0. The molecule has 4 heteroatoms. The summed E-state index contributed by atoms with van der Waals surface area (Å²) in [6.07, 6.45) is 0.967. The number of hydrogen-bond acceptors (Lipinski definition) is 4. The Kier molecular flexibility index (Phi) is 5.96. The van der Waals surface area contributed by atoms with Crippen LogP contribution in [0.5, 0.6) is 0 Å². The van der Waals surface area contributed by atoms with Gasteiger partial charge in [-0.05, 0) is 18.1 Å². The minimum absolute atomic E-state index is 0.0962. The summed E-state index contributed by atoms with van der Waals surface area (Å²) < 4.78 is 0. The van der Waals surface area contributed by atoms with Crippen LogP contribution in [0.4, 0.5) is 5.13 Å². The van der Waals surface area contributed by atoms with Crippen LogP contribution in [0, 0.1) is 6.92 Å². The first-order chi connectivity index (χ1) is 14.7. The lowest BCUT2D eigenvalue weighted by Crippen LogP contribution is -2.02. The molecule has 0 radical (unpaired) electrons. The second-order valence-corrected chi connectivity index (χ2v) is 8.13. The molecule has 3 nitrogen and oxygen atoms in total. The van der Waals surface area contributed by atoms with Gasteiger partial charge in [0.1, 0.15) is 6.29 Å². The molecule has 148 valence electrons. The second kappa shape index (κ2) is 8.97. The molecule has 1 heterocycles. The van der Waals surface area contributed by atoms with E-state index in [9.17, 15) is 4.79 Å². The third-order valence-corrected chi connectivity index (χ3v) is 6.09. The van der Waals surface area contributed by atoms with Crippen molar-refractivity contribution in [1.29, 1.82) is 0 Å². The van der Waals surface area contributed by atoms with Gasteiger partial charge in [0.05, 0.1) is 16.3 Å². The van der Waals surface area contributed by atoms with Gasteiger partial charge in [0.2, 0.25) is 5.13 Å². The summed E-state index contributed by atoms with van der Waals surface area (Å²) in [6, 6.07) is 28.5. The zero-order chi connectivity index (χ0) is 20.9. The number of aryl methyl sites for hydroxylation is 1. The third-order valence-electron chi connectivity index (χ3n) is 4.99. The average molecular weight is 411 g/mol. The van der Waals surface area contributed by atoms with Crippen molar-refractivity contribution in [2.75, 3.05) is 0 Å². The Morgan fingerprint density at radius 2 is 1.47 bits per heavy atom. The number of carbonyl (C=O) groups excluding carboxylic acids is 1. The summed E-state index contributed by atoms with van der Waals surface area (Å²) in [6.45, 7) is 3.92. The van der Waals surface area contributed by atoms with Crippen LogP contribution in [0.25, 0.3) is 10.4 Å². The maximum atomic E-state index is 11.0. The van der Waals surface area contributed by atoms with E-state index in [0.717, 1.165) is 50.0 Å². The molecular weight excluding hydrogens is 388 g/mol. The number of benzene rings is 3. The number of rotatable bonds is 6. The molecule has 1 atom stereocenters. The summed E-state index contributed by atoms with van der Waals surface area (Å²) in [4.78, 5) is 21.8. The van der Waals surface area contributed by atoms with Gasteiger partial charge >= 0.3 is 0 Å². The van der Waals surface area contributed by atoms with Crippen LogP contribution < -0.4 is 0 Å². The first-order valence-corrected chi connectivity index (χ1v) is 10.7. The Balaban J connectivity index is 1.73. The predicted molar refractivity (Wildman–Crippen MR) is 125 cm³/mol. The monoisotopic (exact) mass is 410 g/mol. The Hall–Kier alpha value is -3.37. The van der Waals surface area contributed by atoms with E-state index in [-0.39, 0.29) is 5.92 Å². The number of aldehydes is 1. The molecule has 1 unspecified atom stereocenters. The standard InChI is InChI=1S/C26H22N2OS/c1-18(17-29)20-13-15-23(16-14-20)25-19(2)27-26(30-25)28-24(21-9-5-3-6-10-21)22-11-7-4-8-12-22/h3-18H,1-2H3. The van der Waals surface area contributed by atoms with Crippen LogP contribution in [-0.4, -0.2) is 17.0 Å². The molecule has 0 aliphatic rings. The Labute approximate surface area is 180 Å². The van der Waals surface area contributed by atoms with Gasteiger partial charge in [-0.15, -0.1) is 0 Å². The van der Waals surface area contributed by atoms with E-state index in [1.807, 2.05) is 62.4 Å². The summed E-state index contributed by atoms with van der Waals surface area (Å²) in [7, 11) is 0. The van der Waals surface area contributed by atoms with Gasteiger partial charge in [0, 0.05) is 17.0 Å². The molecule has 30 heavy (non-hydrogen) atoms. The molecule has 0 aliphatic carbocycles. The van der Waals surface area contributed by atoms with Crippen LogP contribution in [0.15, 0.2) is 89.9 Å². The molecule has 0 amide bonds. The van der Waals surface area contributed by atoms with Crippen LogP contribution in [0.2, 0.25) is 0 Å². The molecule has 0 saturated heterocycles. The van der Waals surface area contributed by atoms with Gasteiger partial charge in [-0.25, -0.2) is 9.98 Å². The predicted octanol–water partition coefficient (Wildman–Crippen LogP) is 6.59. The minimum atomic E-state index is -0.0962. The summed E-state index contributed by atoms with van der Waals surface area (Å²) in [5.41, 5.74) is 6.09. The summed E-state index contributed by atoms with van der Waals surface area (Å²) >= 11 is 1.58. The smallest absolute Gasteiger partial charge is 0.210 e. The number of nitrogens with zero attached hydrogens (tertiary/aromatic N) is 2. The van der Waals surface area contributed by atoms with Crippen molar-refractivity contribution >= 4 is 28.5 Å². The fourth-order valence-corrected chi connectivity index (χ4v) is 4.25. The van der Waals surface area contributed by atoms with Crippen molar-refractivity contribution in [2.45, 2.75) is 19.8 Å². The number of carbonyl (C=O) groups is 1. The Morgan fingerprint density at radius 3 is 2.00 bits per heavy atom. The lowest BCUT2D eigenvalue weighted by Gasteiger charge is -2.06. The van der Waals surface area contributed by atoms with Crippen LogP contribution in [0.3, 0.4) is 0 Å². The molecule has 0 N–H and O–H groups in total. The number of hydrogen-bond donors (Lipinski definition) is 0.